The highest BCUT2D eigenvalue weighted by Crippen LogP contribution is 2.16. The van der Waals surface area contributed by atoms with Crippen molar-refractivity contribution < 1.29 is 13.9 Å². The highest BCUT2D eigenvalue weighted by atomic mass is 127. The van der Waals surface area contributed by atoms with Gasteiger partial charge in [0.1, 0.15) is 5.82 Å². The van der Waals surface area contributed by atoms with Gasteiger partial charge in [0, 0.05) is 30.1 Å². The van der Waals surface area contributed by atoms with Gasteiger partial charge in [-0.05, 0) is 49.9 Å². The van der Waals surface area contributed by atoms with E-state index >= 15 is 0 Å². The smallest absolute Gasteiger partial charge is 0.409 e. The molecule has 1 aliphatic heterocycles. The number of nitrogens with two attached hydrogens (primary N) is 1. The van der Waals surface area contributed by atoms with E-state index in [1.807, 2.05) is 0 Å². The van der Waals surface area contributed by atoms with Crippen LogP contribution in [0.25, 0.3) is 0 Å². The summed E-state index contributed by atoms with van der Waals surface area (Å²) in [5.74, 6) is 0.112. The zero-order valence-electron chi connectivity index (χ0n) is 14.7. The number of ether oxygens (including phenoxy) is 1. The fourth-order valence-electron chi connectivity index (χ4n) is 2.71. The van der Waals surface area contributed by atoms with Gasteiger partial charge in [-0.25, -0.2) is 9.18 Å². The molecule has 0 spiro atoms. The Morgan fingerprint density at radius 1 is 1.46 bits per heavy atom. The van der Waals surface area contributed by atoms with Crippen LogP contribution in [0.3, 0.4) is 0 Å². The molecule has 1 aromatic carbocycles. The van der Waals surface area contributed by atoms with Crippen molar-refractivity contribution in [3.8, 4) is 0 Å². The van der Waals surface area contributed by atoms with Gasteiger partial charge < -0.3 is 20.7 Å². The summed E-state index contributed by atoms with van der Waals surface area (Å²) in [6, 6.07) is 5.03. The number of hydrogen-bond donors (Lipinski definition) is 2. The summed E-state index contributed by atoms with van der Waals surface area (Å²) >= 11 is 3.33. The highest BCUT2D eigenvalue weighted by Gasteiger charge is 2.23. The number of benzene rings is 1. The van der Waals surface area contributed by atoms with Crippen molar-refractivity contribution in [3.05, 3.63) is 34.1 Å². The van der Waals surface area contributed by atoms with Gasteiger partial charge in [0.2, 0.25) is 0 Å². The minimum Gasteiger partial charge on any atom is -0.450 e. The van der Waals surface area contributed by atoms with E-state index in [4.69, 9.17) is 10.5 Å². The third kappa shape index (κ3) is 7.26. The highest BCUT2D eigenvalue weighted by molar-refractivity contribution is 14.0. The SMILES string of the molecule is CCOC(=O)N1CCC(NC(N)=NCCc2cc(Br)ccc2F)CC1.I. The van der Waals surface area contributed by atoms with Crippen molar-refractivity contribution in [1.29, 1.82) is 0 Å². The molecule has 146 valence electrons. The number of rotatable bonds is 5. The van der Waals surface area contributed by atoms with Gasteiger partial charge in [-0.3, -0.25) is 4.99 Å². The van der Waals surface area contributed by atoms with E-state index in [1.165, 1.54) is 6.07 Å². The molecular weight excluding hydrogens is 518 g/mol. The molecule has 1 heterocycles. The molecule has 0 atom stereocenters. The molecule has 0 aliphatic carbocycles. The van der Waals surface area contributed by atoms with Gasteiger partial charge >= 0.3 is 6.09 Å². The lowest BCUT2D eigenvalue weighted by Gasteiger charge is -2.31. The fourth-order valence-corrected chi connectivity index (χ4v) is 3.12. The van der Waals surface area contributed by atoms with Crippen LogP contribution in [0.4, 0.5) is 9.18 Å². The lowest BCUT2D eigenvalue weighted by Crippen LogP contribution is -2.48. The van der Waals surface area contributed by atoms with Crippen LogP contribution in [-0.2, 0) is 11.2 Å². The Morgan fingerprint density at radius 3 is 2.81 bits per heavy atom. The van der Waals surface area contributed by atoms with Crippen molar-refractivity contribution in [1.82, 2.24) is 10.2 Å². The first-order chi connectivity index (χ1) is 12.0. The van der Waals surface area contributed by atoms with E-state index < -0.39 is 0 Å². The molecule has 26 heavy (non-hydrogen) atoms. The Kier molecular flexibility index (Phi) is 10.2. The quantitative estimate of drug-likeness (QED) is 0.340. The number of nitrogens with one attached hydrogen (secondary N) is 1. The number of halogens is 3. The van der Waals surface area contributed by atoms with E-state index in [0.717, 1.165) is 17.3 Å². The molecule has 0 radical (unpaired) electrons. The molecule has 2 rings (SSSR count). The Balaban J connectivity index is 0.00000338. The van der Waals surface area contributed by atoms with Gasteiger partial charge in [-0.15, -0.1) is 24.0 Å². The molecule has 1 aromatic rings. The van der Waals surface area contributed by atoms with Crippen LogP contribution in [-0.4, -0.2) is 49.2 Å². The second-order valence-corrected chi connectivity index (χ2v) is 6.77. The molecule has 6 nitrogen and oxygen atoms in total. The number of carbonyl (C=O) groups excluding carboxylic acids is 1. The summed E-state index contributed by atoms with van der Waals surface area (Å²) in [6.07, 6.45) is 1.79. The first-order valence-electron chi connectivity index (χ1n) is 8.41. The number of hydrogen-bond acceptors (Lipinski definition) is 3. The molecule has 0 aromatic heterocycles. The molecule has 0 saturated carbocycles. The average molecular weight is 543 g/mol. The zero-order chi connectivity index (χ0) is 18.2. The third-order valence-corrected chi connectivity index (χ3v) is 4.54. The topological polar surface area (TPSA) is 80.0 Å². The minimum atomic E-state index is -0.265. The molecule has 1 amide bonds. The number of guanidine groups is 1. The van der Waals surface area contributed by atoms with Gasteiger partial charge in [-0.1, -0.05) is 15.9 Å². The third-order valence-electron chi connectivity index (χ3n) is 4.04. The van der Waals surface area contributed by atoms with Crippen molar-refractivity contribution in [2.24, 2.45) is 10.7 Å². The maximum Gasteiger partial charge on any atom is 0.409 e. The fraction of sp³-hybridized carbons (Fsp3) is 0.529. The van der Waals surface area contributed by atoms with Crippen LogP contribution < -0.4 is 11.1 Å². The second kappa shape index (κ2) is 11.6. The summed E-state index contributed by atoms with van der Waals surface area (Å²) in [5.41, 5.74) is 6.51. The van der Waals surface area contributed by atoms with E-state index in [-0.39, 0.29) is 41.9 Å². The van der Waals surface area contributed by atoms with Crippen LogP contribution in [0.15, 0.2) is 27.7 Å². The normalized spacial score (nSPS) is 15.3. The number of carbonyl (C=O) groups is 1. The predicted molar refractivity (Wildman–Crippen MR) is 114 cm³/mol. The molecular formula is C17H25BrFIN4O2. The first-order valence-corrected chi connectivity index (χ1v) is 9.21. The van der Waals surface area contributed by atoms with Crippen LogP contribution in [0.2, 0.25) is 0 Å². The zero-order valence-corrected chi connectivity index (χ0v) is 18.6. The number of aliphatic imine (C=N–C) groups is 1. The van der Waals surface area contributed by atoms with Crippen LogP contribution in [0, 0.1) is 5.82 Å². The summed E-state index contributed by atoms with van der Waals surface area (Å²) in [7, 11) is 0. The van der Waals surface area contributed by atoms with Gasteiger partial charge in [0.15, 0.2) is 5.96 Å². The lowest BCUT2D eigenvalue weighted by atomic mass is 10.1. The molecule has 0 unspecified atom stereocenters. The van der Waals surface area contributed by atoms with Crippen LogP contribution in [0.5, 0.6) is 0 Å². The van der Waals surface area contributed by atoms with E-state index in [0.29, 0.717) is 44.2 Å². The summed E-state index contributed by atoms with van der Waals surface area (Å²) in [6.45, 7) is 3.85. The monoisotopic (exact) mass is 542 g/mol. The number of amides is 1. The summed E-state index contributed by atoms with van der Waals surface area (Å²) < 4.78 is 19.5. The maximum atomic E-state index is 13.7. The molecule has 0 bridgehead atoms. The van der Waals surface area contributed by atoms with Crippen LogP contribution in [0.1, 0.15) is 25.3 Å². The van der Waals surface area contributed by atoms with Crippen molar-refractivity contribution in [2.45, 2.75) is 32.2 Å². The van der Waals surface area contributed by atoms with Crippen molar-refractivity contribution in [2.75, 3.05) is 26.2 Å². The van der Waals surface area contributed by atoms with E-state index in [2.05, 4.69) is 26.2 Å². The maximum absolute atomic E-state index is 13.7. The molecule has 9 heteroatoms. The van der Waals surface area contributed by atoms with Crippen molar-refractivity contribution in [3.63, 3.8) is 0 Å². The van der Waals surface area contributed by atoms with Crippen LogP contribution >= 0.6 is 39.9 Å². The Bertz CT molecular complexity index is 625. The standard InChI is InChI=1S/C17H24BrFN4O2.HI/c1-2-25-17(24)23-9-6-14(7-10-23)22-16(20)21-8-5-12-11-13(18)3-4-15(12)19;/h3-4,11,14H,2,5-10H2,1H3,(H3,20,21,22);1H. The Labute approximate surface area is 178 Å². The van der Waals surface area contributed by atoms with Gasteiger partial charge in [0.05, 0.1) is 6.61 Å². The Morgan fingerprint density at radius 2 is 2.15 bits per heavy atom. The first kappa shape index (κ1) is 22.9. The lowest BCUT2D eigenvalue weighted by molar-refractivity contribution is 0.0963. The molecule has 1 aliphatic rings. The summed E-state index contributed by atoms with van der Waals surface area (Å²) in [4.78, 5) is 17.6. The predicted octanol–water partition coefficient (Wildman–Crippen LogP) is 3.27. The number of piperidine rings is 1. The molecule has 1 saturated heterocycles. The summed E-state index contributed by atoms with van der Waals surface area (Å²) in [5, 5.41) is 3.17. The van der Waals surface area contributed by atoms with E-state index in [9.17, 15) is 9.18 Å². The molecule has 3 N–H and O–H groups in total. The Hall–Kier alpha value is -1.10. The molecule has 1 fully saturated rings. The average Bonchev–Trinajstić information content (AvgIpc) is 2.59. The minimum absolute atomic E-state index is 0. The van der Waals surface area contributed by atoms with Gasteiger partial charge in [-0.2, -0.15) is 0 Å². The second-order valence-electron chi connectivity index (χ2n) is 5.86. The van der Waals surface area contributed by atoms with Gasteiger partial charge in [0.25, 0.3) is 0 Å². The number of nitrogens with zero attached hydrogens (tertiary/aromatic N) is 2. The largest absolute Gasteiger partial charge is 0.450 e. The number of likely N-dealkylation sites (tertiary alicyclic amines) is 1. The van der Waals surface area contributed by atoms with E-state index in [1.54, 1.807) is 24.0 Å². The van der Waals surface area contributed by atoms with Crippen molar-refractivity contribution >= 4 is 52.0 Å².